The molecule has 0 saturated carbocycles. The summed E-state index contributed by atoms with van der Waals surface area (Å²) in [5, 5.41) is 12.1. The van der Waals surface area contributed by atoms with E-state index in [0.29, 0.717) is 18.8 Å². The molecular formula is C15H15NO3. The molecule has 4 heteroatoms. The van der Waals surface area contributed by atoms with E-state index >= 15 is 0 Å². The maximum atomic E-state index is 11.0. The van der Waals surface area contributed by atoms with Crippen molar-refractivity contribution in [2.24, 2.45) is 0 Å². The Balaban J connectivity index is 1.85. The van der Waals surface area contributed by atoms with E-state index < -0.39 is 5.97 Å². The minimum atomic E-state index is -0.938. The fourth-order valence-electron chi connectivity index (χ4n) is 1.70. The summed E-state index contributed by atoms with van der Waals surface area (Å²) >= 11 is 0. The highest BCUT2D eigenvalue weighted by Gasteiger charge is 2.07. The van der Waals surface area contributed by atoms with Crippen molar-refractivity contribution in [2.45, 2.75) is 0 Å². The van der Waals surface area contributed by atoms with Crippen LogP contribution in [0.3, 0.4) is 0 Å². The fraction of sp³-hybridized carbons (Fsp3) is 0.133. The molecule has 0 fully saturated rings. The number of carboxylic acid groups (broad SMARTS) is 1. The number of hydrogen-bond donors (Lipinski definition) is 2. The van der Waals surface area contributed by atoms with Crippen LogP contribution in [-0.2, 0) is 0 Å². The molecular weight excluding hydrogens is 242 g/mol. The van der Waals surface area contributed by atoms with Gasteiger partial charge in [-0.25, -0.2) is 4.79 Å². The number of carbonyl (C=O) groups is 1. The second-order valence-electron chi connectivity index (χ2n) is 3.94. The molecule has 4 nitrogen and oxygen atoms in total. The van der Waals surface area contributed by atoms with Gasteiger partial charge >= 0.3 is 5.97 Å². The van der Waals surface area contributed by atoms with E-state index in [0.717, 1.165) is 5.75 Å². The number of nitrogens with one attached hydrogen (secondary N) is 1. The van der Waals surface area contributed by atoms with Crippen molar-refractivity contribution in [3.05, 3.63) is 60.2 Å². The van der Waals surface area contributed by atoms with Gasteiger partial charge in [0, 0.05) is 12.2 Å². The average molecular weight is 257 g/mol. The second kappa shape index (κ2) is 6.44. The number of carboxylic acids is 1. The molecule has 19 heavy (non-hydrogen) atoms. The molecule has 0 spiro atoms. The van der Waals surface area contributed by atoms with Crippen molar-refractivity contribution in [3.63, 3.8) is 0 Å². The Morgan fingerprint density at radius 1 is 1.05 bits per heavy atom. The number of anilines is 1. The highest BCUT2D eigenvalue weighted by Crippen LogP contribution is 2.14. The van der Waals surface area contributed by atoms with E-state index in [4.69, 9.17) is 9.84 Å². The highest BCUT2D eigenvalue weighted by molar-refractivity contribution is 5.94. The summed E-state index contributed by atoms with van der Waals surface area (Å²) in [5.74, 6) is -0.136. The molecule has 0 amide bonds. The lowest BCUT2D eigenvalue weighted by Gasteiger charge is -2.10. The molecule has 0 aliphatic heterocycles. The third-order valence-corrected chi connectivity index (χ3v) is 2.59. The Morgan fingerprint density at radius 2 is 1.74 bits per heavy atom. The number of benzene rings is 2. The van der Waals surface area contributed by atoms with Crippen molar-refractivity contribution >= 4 is 11.7 Å². The second-order valence-corrected chi connectivity index (χ2v) is 3.94. The van der Waals surface area contributed by atoms with Crippen LogP contribution in [0.1, 0.15) is 10.4 Å². The van der Waals surface area contributed by atoms with E-state index in [1.165, 1.54) is 0 Å². The van der Waals surface area contributed by atoms with Gasteiger partial charge < -0.3 is 15.2 Å². The Bertz CT molecular complexity index is 540. The minimum absolute atomic E-state index is 0.266. The van der Waals surface area contributed by atoms with Crippen molar-refractivity contribution < 1.29 is 14.6 Å². The Labute approximate surface area is 111 Å². The first kappa shape index (κ1) is 13.0. The topological polar surface area (TPSA) is 58.6 Å². The zero-order valence-electron chi connectivity index (χ0n) is 10.4. The monoisotopic (exact) mass is 257 g/mol. The van der Waals surface area contributed by atoms with Crippen molar-refractivity contribution in [2.75, 3.05) is 18.5 Å². The molecule has 0 aliphatic rings. The molecule has 0 aromatic heterocycles. The smallest absolute Gasteiger partial charge is 0.337 e. The first-order valence-electron chi connectivity index (χ1n) is 6.01. The summed E-state index contributed by atoms with van der Waals surface area (Å²) < 4.78 is 5.52. The number of ether oxygens (including phenoxy) is 1. The van der Waals surface area contributed by atoms with E-state index in [1.807, 2.05) is 30.3 Å². The van der Waals surface area contributed by atoms with Gasteiger partial charge in [0.25, 0.3) is 0 Å². The quantitative estimate of drug-likeness (QED) is 0.781. The molecule has 0 radical (unpaired) electrons. The molecule has 0 unspecified atom stereocenters. The average Bonchev–Trinajstić information content (AvgIpc) is 2.45. The lowest BCUT2D eigenvalue weighted by molar-refractivity contribution is 0.0698. The van der Waals surface area contributed by atoms with Crippen LogP contribution in [0.4, 0.5) is 5.69 Å². The Kier molecular flexibility index (Phi) is 4.39. The van der Waals surface area contributed by atoms with Crippen LogP contribution >= 0.6 is 0 Å². The lowest BCUT2D eigenvalue weighted by atomic mass is 10.2. The van der Waals surface area contributed by atoms with Gasteiger partial charge in [-0.05, 0) is 24.3 Å². The zero-order valence-corrected chi connectivity index (χ0v) is 10.4. The van der Waals surface area contributed by atoms with Crippen LogP contribution in [0.2, 0.25) is 0 Å². The summed E-state index contributed by atoms with van der Waals surface area (Å²) in [6.45, 7) is 1.01. The molecule has 2 aromatic carbocycles. The summed E-state index contributed by atoms with van der Waals surface area (Å²) in [6, 6.07) is 16.3. The van der Waals surface area contributed by atoms with Crippen LogP contribution in [0.25, 0.3) is 0 Å². The predicted molar refractivity (Wildman–Crippen MR) is 73.8 cm³/mol. The summed E-state index contributed by atoms with van der Waals surface area (Å²) in [6.07, 6.45) is 0. The highest BCUT2D eigenvalue weighted by atomic mass is 16.5. The van der Waals surface area contributed by atoms with Crippen LogP contribution < -0.4 is 10.1 Å². The van der Waals surface area contributed by atoms with E-state index in [9.17, 15) is 4.79 Å². The largest absolute Gasteiger partial charge is 0.492 e. The van der Waals surface area contributed by atoms with Gasteiger partial charge in [-0.2, -0.15) is 0 Å². The Morgan fingerprint density at radius 3 is 2.47 bits per heavy atom. The SMILES string of the molecule is O=C(O)c1ccccc1NCCOc1ccccc1. The van der Waals surface area contributed by atoms with E-state index in [2.05, 4.69) is 5.32 Å². The molecule has 0 saturated heterocycles. The third kappa shape index (κ3) is 3.74. The molecule has 98 valence electrons. The minimum Gasteiger partial charge on any atom is -0.492 e. The Hall–Kier alpha value is -2.49. The molecule has 0 bridgehead atoms. The number of para-hydroxylation sites is 2. The normalized spacial score (nSPS) is 9.89. The fourth-order valence-corrected chi connectivity index (χ4v) is 1.70. The number of hydrogen-bond acceptors (Lipinski definition) is 3. The van der Waals surface area contributed by atoms with Gasteiger partial charge in [-0.15, -0.1) is 0 Å². The standard InChI is InChI=1S/C15H15NO3/c17-15(18)13-8-4-5-9-14(13)16-10-11-19-12-6-2-1-3-7-12/h1-9,16H,10-11H2,(H,17,18). The zero-order chi connectivity index (χ0) is 13.5. The van der Waals surface area contributed by atoms with Gasteiger partial charge in [0.1, 0.15) is 12.4 Å². The summed E-state index contributed by atoms with van der Waals surface area (Å²) in [7, 11) is 0. The van der Waals surface area contributed by atoms with Crippen LogP contribution in [0.15, 0.2) is 54.6 Å². The summed E-state index contributed by atoms with van der Waals surface area (Å²) in [5.41, 5.74) is 0.869. The van der Waals surface area contributed by atoms with Gasteiger partial charge in [0.2, 0.25) is 0 Å². The van der Waals surface area contributed by atoms with Crippen LogP contribution in [0.5, 0.6) is 5.75 Å². The van der Waals surface area contributed by atoms with Crippen molar-refractivity contribution in [3.8, 4) is 5.75 Å². The number of aromatic carboxylic acids is 1. The molecule has 0 heterocycles. The molecule has 0 atom stereocenters. The maximum absolute atomic E-state index is 11.0. The molecule has 2 rings (SSSR count). The summed E-state index contributed by atoms with van der Waals surface area (Å²) in [4.78, 5) is 11.0. The van der Waals surface area contributed by atoms with Gasteiger partial charge in [-0.1, -0.05) is 30.3 Å². The van der Waals surface area contributed by atoms with E-state index in [1.54, 1.807) is 24.3 Å². The van der Waals surface area contributed by atoms with Crippen molar-refractivity contribution in [1.29, 1.82) is 0 Å². The van der Waals surface area contributed by atoms with E-state index in [-0.39, 0.29) is 5.56 Å². The van der Waals surface area contributed by atoms with Gasteiger partial charge in [0.15, 0.2) is 0 Å². The first-order chi connectivity index (χ1) is 9.27. The van der Waals surface area contributed by atoms with Gasteiger partial charge in [0.05, 0.1) is 5.56 Å². The van der Waals surface area contributed by atoms with Crippen LogP contribution in [0, 0.1) is 0 Å². The van der Waals surface area contributed by atoms with Crippen LogP contribution in [-0.4, -0.2) is 24.2 Å². The number of rotatable bonds is 6. The third-order valence-electron chi connectivity index (χ3n) is 2.59. The molecule has 2 aromatic rings. The first-order valence-corrected chi connectivity index (χ1v) is 6.01. The van der Waals surface area contributed by atoms with Gasteiger partial charge in [-0.3, -0.25) is 0 Å². The molecule has 0 aliphatic carbocycles. The molecule has 2 N–H and O–H groups in total. The maximum Gasteiger partial charge on any atom is 0.337 e. The predicted octanol–water partition coefficient (Wildman–Crippen LogP) is 2.88. The van der Waals surface area contributed by atoms with Crippen molar-refractivity contribution in [1.82, 2.24) is 0 Å². The lowest BCUT2D eigenvalue weighted by Crippen LogP contribution is -2.13.